The van der Waals surface area contributed by atoms with Crippen LogP contribution in [-0.4, -0.2) is 36.3 Å². The highest BCUT2D eigenvalue weighted by Gasteiger charge is 2.37. The Morgan fingerprint density at radius 2 is 1.85 bits per heavy atom. The summed E-state index contributed by atoms with van der Waals surface area (Å²) in [5, 5.41) is 13.8. The minimum Gasteiger partial charge on any atom is -0.384 e. The molecule has 2 atom stereocenters. The minimum atomic E-state index is -0.887. The largest absolute Gasteiger partial charge is 0.384 e. The molecule has 4 nitrogen and oxygen atoms in total. The number of nitrogens with zero attached hydrogens (tertiary/aromatic N) is 2. The van der Waals surface area contributed by atoms with Crippen LogP contribution in [0.5, 0.6) is 0 Å². The maximum absolute atomic E-state index is 10.3. The van der Waals surface area contributed by atoms with Crippen LogP contribution in [0.4, 0.5) is 5.82 Å². The summed E-state index contributed by atoms with van der Waals surface area (Å²) in [6, 6.07) is 2.17. The summed E-state index contributed by atoms with van der Waals surface area (Å²) in [5.74, 6) is 2.53. The van der Waals surface area contributed by atoms with Gasteiger partial charge in [-0.05, 0) is 56.7 Å². The third-order valence-electron chi connectivity index (χ3n) is 4.81. The zero-order valence-corrected chi connectivity index (χ0v) is 12.9. The number of anilines is 1. The average Bonchev–Trinajstić information content (AvgIpc) is 2.91. The average molecular weight is 275 g/mol. The lowest BCUT2D eigenvalue weighted by atomic mass is 9.97. The third kappa shape index (κ3) is 2.31. The van der Waals surface area contributed by atoms with Crippen LogP contribution in [0.1, 0.15) is 30.7 Å². The predicted molar refractivity (Wildman–Crippen MR) is 81.0 cm³/mol. The Labute approximate surface area is 121 Å². The van der Waals surface area contributed by atoms with E-state index in [0.717, 1.165) is 55.1 Å². The molecule has 2 aliphatic heterocycles. The van der Waals surface area contributed by atoms with Crippen LogP contribution in [0.2, 0.25) is 0 Å². The Balaban J connectivity index is 1.93. The number of rotatable bonds is 2. The Kier molecular flexibility index (Phi) is 3.26. The highest BCUT2D eigenvalue weighted by molar-refractivity contribution is 5.48. The second-order valence-electron chi connectivity index (χ2n) is 6.91. The van der Waals surface area contributed by atoms with Gasteiger partial charge in [-0.15, -0.1) is 0 Å². The van der Waals surface area contributed by atoms with Crippen molar-refractivity contribution < 1.29 is 5.11 Å². The summed E-state index contributed by atoms with van der Waals surface area (Å²) >= 11 is 0. The molecule has 3 rings (SSSR count). The van der Waals surface area contributed by atoms with Crippen LogP contribution in [0, 0.1) is 25.7 Å². The lowest BCUT2D eigenvalue weighted by Crippen LogP contribution is -2.28. The summed E-state index contributed by atoms with van der Waals surface area (Å²) in [4.78, 5) is 7.16. The molecule has 110 valence electrons. The molecule has 4 heteroatoms. The van der Waals surface area contributed by atoms with Crippen molar-refractivity contribution in [1.29, 1.82) is 0 Å². The number of hydrogen-bond donors (Lipinski definition) is 2. The summed E-state index contributed by atoms with van der Waals surface area (Å²) in [6.07, 6.45) is 0. The minimum absolute atomic E-state index is 0.754. The molecule has 2 saturated heterocycles. The molecular weight excluding hydrogens is 250 g/mol. The van der Waals surface area contributed by atoms with Crippen LogP contribution in [0.15, 0.2) is 6.07 Å². The van der Waals surface area contributed by atoms with Crippen molar-refractivity contribution >= 4 is 5.82 Å². The Morgan fingerprint density at radius 1 is 1.25 bits per heavy atom. The number of aliphatic hydroxyl groups is 1. The first-order valence-electron chi connectivity index (χ1n) is 7.53. The van der Waals surface area contributed by atoms with Crippen molar-refractivity contribution in [3.05, 3.63) is 22.9 Å². The maximum atomic E-state index is 10.3. The first-order chi connectivity index (χ1) is 9.36. The van der Waals surface area contributed by atoms with Gasteiger partial charge >= 0.3 is 0 Å². The molecule has 3 heterocycles. The van der Waals surface area contributed by atoms with Gasteiger partial charge in [-0.2, -0.15) is 0 Å². The molecule has 0 aromatic carbocycles. The summed E-state index contributed by atoms with van der Waals surface area (Å²) in [5.41, 5.74) is 2.23. The van der Waals surface area contributed by atoms with E-state index in [0.29, 0.717) is 0 Å². The molecular formula is C16H25N3O. The number of hydrogen-bond acceptors (Lipinski definition) is 4. The molecule has 20 heavy (non-hydrogen) atoms. The van der Waals surface area contributed by atoms with Gasteiger partial charge in [-0.1, -0.05) is 0 Å². The topological polar surface area (TPSA) is 48.4 Å². The van der Waals surface area contributed by atoms with E-state index in [1.54, 1.807) is 0 Å². The summed E-state index contributed by atoms with van der Waals surface area (Å²) in [7, 11) is 0. The third-order valence-corrected chi connectivity index (χ3v) is 4.81. The lowest BCUT2D eigenvalue weighted by molar-refractivity contribution is 0.0731. The molecule has 0 spiro atoms. The van der Waals surface area contributed by atoms with Crippen LogP contribution in [-0.2, 0) is 5.60 Å². The van der Waals surface area contributed by atoms with Crippen LogP contribution >= 0.6 is 0 Å². The van der Waals surface area contributed by atoms with E-state index >= 15 is 0 Å². The second kappa shape index (κ2) is 4.71. The Morgan fingerprint density at radius 3 is 2.40 bits per heavy atom. The van der Waals surface area contributed by atoms with Gasteiger partial charge in [-0.25, -0.2) is 4.98 Å². The van der Waals surface area contributed by atoms with E-state index in [1.807, 2.05) is 20.8 Å². The van der Waals surface area contributed by atoms with E-state index in [-0.39, 0.29) is 0 Å². The molecule has 2 aliphatic rings. The zero-order valence-electron chi connectivity index (χ0n) is 12.9. The molecule has 0 saturated carbocycles. The first-order valence-corrected chi connectivity index (χ1v) is 7.53. The fourth-order valence-electron chi connectivity index (χ4n) is 3.52. The first kappa shape index (κ1) is 13.8. The van der Waals surface area contributed by atoms with Gasteiger partial charge < -0.3 is 15.3 Å². The van der Waals surface area contributed by atoms with E-state index in [1.165, 1.54) is 5.56 Å². The monoisotopic (exact) mass is 275 g/mol. The number of aryl methyl sites for hydroxylation is 1. The highest BCUT2D eigenvalue weighted by atomic mass is 16.3. The van der Waals surface area contributed by atoms with E-state index in [4.69, 9.17) is 4.98 Å². The van der Waals surface area contributed by atoms with Gasteiger partial charge in [0.05, 0.1) is 5.69 Å². The lowest BCUT2D eigenvalue weighted by Gasteiger charge is -2.25. The van der Waals surface area contributed by atoms with Crippen molar-refractivity contribution in [2.45, 2.75) is 33.3 Å². The van der Waals surface area contributed by atoms with Gasteiger partial charge in [0.2, 0.25) is 0 Å². The summed E-state index contributed by atoms with van der Waals surface area (Å²) in [6.45, 7) is 12.2. The molecule has 2 unspecified atom stereocenters. The standard InChI is InChI=1S/C16H25N3O/c1-10-5-14(18-15(11(10)2)16(3,4)20)19-8-12-6-17-7-13(12)9-19/h5,12-13,17,20H,6-9H2,1-4H3. The molecule has 2 fully saturated rings. The van der Waals surface area contributed by atoms with Gasteiger partial charge in [0.25, 0.3) is 0 Å². The number of nitrogens with one attached hydrogen (secondary N) is 1. The molecule has 1 aromatic heterocycles. The fourth-order valence-corrected chi connectivity index (χ4v) is 3.52. The Bertz CT molecular complexity index is 509. The van der Waals surface area contributed by atoms with Gasteiger partial charge in [0.15, 0.2) is 0 Å². The van der Waals surface area contributed by atoms with E-state index < -0.39 is 5.60 Å². The maximum Gasteiger partial charge on any atom is 0.129 e. The van der Waals surface area contributed by atoms with Crippen molar-refractivity contribution in [3.63, 3.8) is 0 Å². The van der Waals surface area contributed by atoms with Gasteiger partial charge in [0.1, 0.15) is 11.4 Å². The van der Waals surface area contributed by atoms with Gasteiger partial charge in [0, 0.05) is 26.2 Å². The highest BCUT2D eigenvalue weighted by Crippen LogP contribution is 2.32. The molecule has 0 amide bonds. The number of aromatic nitrogens is 1. The smallest absolute Gasteiger partial charge is 0.129 e. The SMILES string of the molecule is Cc1cc(N2CC3CNCC3C2)nc(C(C)(C)O)c1C. The van der Waals surface area contributed by atoms with Crippen LogP contribution < -0.4 is 10.2 Å². The molecule has 0 aliphatic carbocycles. The van der Waals surface area contributed by atoms with Crippen molar-refractivity contribution in [3.8, 4) is 0 Å². The Hall–Kier alpha value is -1.13. The number of fused-ring (bicyclic) bond motifs is 1. The zero-order chi connectivity index (χ0) is 14.5. The van der Waals surface area contributed by atoms with E-state index in [9.17, 15) is 5.11 Å². The predicted octanol–water partition coefficient (Wildman–Crippen LogP) is 1.58. The number of pyridine rings is 1. The van der Waals surface area contributed by atoms with Crippen molar-refractivity contribution in [1.82, 2.24) is 10.3 Å². The molecule has 0 radical (unpaired) electrons. The van der Waals surface area contributed by atoms with E-state index in [2.05, 4.69) is 23.2 Å². The quantitative estimate of drug-likeness (QED) is 0.860. The van der Waals surface area contributed by atoms with Gasteiger partial charge in [-0.3, -0.25) is 0 Å². The molecule has 0 bridgehead atoms. The van der Waals surface area contributed by atoms with Crippen molar-refractivity contribution in [2.24, 2.45) is 11.8 Å². The van der Waals surface area contributed by atoms with Crippen molar-refractivity contribution in [2.75, 3.05) is 31.1 Å². The van der Waals surface area contributed by atoms with Crippen LogP contribution in [0.25, 0.3) is 0 Å². The molecule has 1 aromatic rings. The fraction of sp³-hybridized carbons (Fsp3) is 0.688. The second-order valence-corrected chi connectivity index (χ2v) is 6.91. The normalized spacial score (nSPS) is 26.1. The molecule has 2 N–H and O–H groups in total. The summed E-state index contributed by atoms with van der Waals surface area (Å²) < 4.78 is 0. The van der Waals surface area contributed by atoms with Crippen LogP contribution in [0.3, 0.4) is 0 Å².